The fourth-order valence-electron chi connectivity index (χ4n) is 2.92. The lowest BCUT2D eigenvalue weighted by molar-refractivity contribution is -0.120. The van der Waals surface area contributed by atoms with E-state index in [1.54, 1.807) is 0 Å². The van der Waals surface area contributed by atoms with E-state index < -0.39 is 0 Å². The lowest BCUT2D eigenvalue weighted by Crippen LogP contribution is -2.38. The van der Waals surface area contributed by atoms with Crippen LogP contribution in [0.5, 0.6) is 0 Å². The average Bonchev–Trinajstić information content (AvgIpc) is 2.56. The first kappa shape index (κ1) is 14.4. The van der Waals surface area contributed by atoms with Crippen molar-refractivity contribution in [2.24, 2.45) is 5.92 Å². The molecule has 0 aliphatic carbocycles. The first-order valence-corrected chi connectivity index (χ1v) is 7.69. The highest BCUT2D eigenvalue weighted by Gasteiger charge is 2.25. The van der Waals surface area contributed by atoms with Gasteiger partial charge in [0.1, 0.15) is 0 Å². The number of anilines is 3. The highest BCUT2D eigenvalue weighted by atomic mass is 16.1. The third-order valence-electron chi connectivity index (χ3n) is 4.18. The molecular weight excluding hydrogens is 274 g/mol. The molecule has 0 bridgehead atoms. The summed E-state index contributed by atoms with van der Waals surface area (Å²) in [6, 6.07) is 17.5. The first-order valence-electron chi connectivity index (χ1n) is 7.69. The van der Waals surface area contributed by atoms with Crippen LogP contribution in [-0.4, -0.2) is 19.0 Å². The van der Waals surface area contributed by atoms with Gasteiger partial charge in [0.25, 0.3) is 0 Å². The molecular formula is C18H21N3O. The summed E-state index contributed by atoms with van der Waals surface area (Å²) in [6.07, 6.45) is 1.71. The molecule has 22 heavy (non-hydrogen) atoms. The van der Waals surface area contributed by atoms with Crippen LogP contribution in [0.2, 0.25) is 0 Å². The molecule has 0 radical (unpaired) electrons. The molecule has 2 aromatic carbocycles. The molecule has 1 heterocycles. The SMILES string of the molecule is Nc1ccccc1N1CCC(C(=O)Nc2ccccc2)CC1. The van der Waals surface area contributed by atoms with Crippen LogP contribution in [0, 0.1) is 5.92 Å². The van der Waals surface area contributed by atoms with Crippen molar-refractivity contribution in [2.45, 2.75) is 12.8 Å². The molecule has 1 amide bonds. The van der Waals surface area contributed by atoms with Crippen molar-refractivity contribution in [3.8, 4) is 0 Å². The topological polar surface area (TPSA) is 58.4 Å². The normalized spacial score (nSPS) is 15.5. The molecule has 114 valence electrons. The lowest BCUT2D eigenvalue weighted by Gasteiger charge is -2.33. The number of benzene rings is 2. The quantitative estimate of drug-likeness (QED) is 0.855. The Kier molecular flexibility index (Phi) is 4.28. The highest BCUT2D eigenvalue weighted by molar-refractivity contribution is 5.92. The van der Waals surface area contributed by atoms with Gasteiger partial charge in [0, 0.05) is 24.7 Å². The molecule has 1 aliphatic heterocycles. The third-order valence-corrected chi connectivity index (χ3v) is 4.18. The van der Waals surface area contributed by atoms with Gasteiger partial charge in [-0.25, -0.2) is 0 Å². The number of nitrogens with zero attached hydrogens (tertiary/aromatic N) is 1. The van der Waals surface area contributed by atoms with Gasteiger partial charge in [0.2, 0.25) is 5.91 Å². The zero-order valence-corrected chi connectivity index (χ0v) is 12.5. The van der Waals surface area contributed by atoms with E-state index >= 15 is 0 Å². The van der Waals surface area contributed by atoms with Gasteiger partial charge in [-0.05, 0) is 37.1 Å². The van der Waals surface area contributed by atoms with Gasteiger partial charge in [-0.15, -0.1) is 0 Å². The number of hydrogen-bond donors (Lipinski definition) is 2. The summed E-state index contributed by atoms with van der Waals surface area (Å²) >= 11 is 0. The molecule has 0 spiro atoms. The van der Waals surface area contributed by atoms with Crippen molar-refractivity contribution in [3.05, 3.63) is 54.6 Å². The average molecular weight is 295 g/mol. The van der Waals surface area contributed by atoms with E-state index in [2.05, 4.69) is 10.2 Å². The van der Waals surface area contributed by atoms with Crippen LogP contribution >= 0.6 is 0 Å². The summed E-state index contributed by atoms with van der Waals surface area (Å²) < 4.78 is 0. The second-order valence-electron chi connectivity index (χ2n) is 5.68. The van der Waals surface area contributed by atoms with E-state index in [-0.39, 0.29) is 11.8 Å². The van der Waals surface area contributed by atoms with Crippen LogP contribution in [-0.2, 0) is 4.79 Å². The number of para-hydroxylation sites is 3. The van der Waals surface area contributed by atoms with Crippen molar-refractivity contribution >= 4 is 23.0 Å². The summed E-state index contributed by atoms with van der Waals surface area (Å²) in [5.41, 5.74) is 8.76. The fourth-order valence-corrected chi connectivity index (χ4v) is 2.92. The Morgan fingerprint density at radius 3 is 2.32 bits per heavy atom. The number of carbonyl (C=O) groups is 1. The number of carbonyl (C=O) groups excluding carboxylic acids is 1. The summed E-state index contributed by atoms with van der Waals surface area (Å²) in [4.78, 5) is 14.6. The lowest BCUT2D eigenvalue weighted by atomic mass is 9.95. The smallest absolute Gasteiger partial charge is 0.227 e. The third kappa shape index (κ3) is 3.22. The van der Waals surface area contributed by atoms with Gasteiger partial charge in [0.15, 0.2) is 0 Å². The van der Waals surface area contributed by atoms with Crippen LogP contribution in [0.1, 0.15) is 12.8 Å². The second kappa shape index (κ2) is 6.52. The number of hydrogen-bond acceptors (Lipinski definition) is 3. The van der Waals surface area contributed by atoms with E-state index in [0.717, 1.165) is 43.0 Å². The van der Waals surface area contributed by atoms with Gasteiger partial charge in [0.05, 0.1) is 11.4 Å². The van der Waals surface area contributed by atoms with Crippen LogP contribution in [0.25, 0.3) is 0 Å². The van der Waals surface area contributed by atoms with Crippen molar-refractivity contribution in [1.29, 1.82) is 0 Å². The van der Waals surface area contributed by atoms with Gasteiger partial charge >= 0.3 is 0 Å². The summed E-state index contributed by atoms with van der Waals surface area (Å²) in [7, 11) is 0. The van der Waals surface area contributed by atoms with Crippen LogP contribution in [0.15, 0.2) is 54.6 Å². The number of piperidine rings is 1. The second-order valence-corrected chi connectivity index (χ2v) is 5.68. The van der Waals surface area contributed by atoms with Crippen molar-refractivity contribution in [2.75, 3.05) is 29.0 Å². The molecule has 4 nitrogen and oxygen atoms in total. The Labute approximate surface area is 130 Å². The first-order chi connectivity index (χ1) is 10.7. The van der Waals surface area contributed by atoms with E-state index in [1.807, 2.05) is 54.6 Å². The number of nitrogens with two attached hydrogens (primary N) is 1. The molecule has 2 aromatic rings. The molecule has 4 heteroatoms. The molecule has 1 fully saturated rings. The van der Waals surface area contributed by atoms with Crippen LogP contribution in [0.3, 0.4) is 0 Å². The van der Waals surface area contributed by atoms with Gasteiger partial charge in [-0.1, -0.05) is 30.3 Å². The number of rotatable bonds is 3. The largest absolute Gasteiger partial charge is 0.397 e. The van der Waals surface area contributed by atoms with E-state index in [1.165, 1.54) is 0 Å². The number of nitrogen functional groups attached to an aromatic ring is 1. The molecule has 3 rings (SSSR count). The Balaban J connectivity index is 1.58. The monoisotopic (exact) mass is 295 g/mol. The Hall–Kier alpha value is -2.49. The number of nitrogens with one attached hydrogen (secondary N) is 1. The minimum atomic E-state index is 0.0707. The van der Waals surface area contributed by atoms with Gasteiger partial charge < -0.3 is 16.0 Å². The van der Waals surface area contributed by atoms with Crippen LogP contribution < -0.4 is 16.0 Å². The van der Waals surface area contributed by atoms with E-state index in [0.29, 0.717) is 0 Å². The molecule has 0 unspecified atom stereocenters. The molecule has 0 atom stereocenters. The minimum Gasteiger partial charge on any atom is -0.397 e. The van der Waals surface area contributed by atoms with Crippen molar-refractivity contribution in [3.63, 3.8) is 0 Å². The Bertz CT molecular complexity index is 634. The predicted molar refractivity (Wildman–Crippen MR) is 90.9 cm³/mol. The van der Waals surface area contributed by atoms with E-state index in [9.17, 15) is 4.79 Å². The molecule has 1 aliphatic rings. The van der Waals surface area contributed by atoms with Gasteiger partial charge in [-0.2, -0.15) is 0 Å². The summed E-state index contributed by atoms with van der Waals surface area (Å²) in [5, 5.41) is 3.00. The molecule has 1 saturated heterocycles. The Morgan fingerprint density at radius 2 is 1.64 bits per heavy atom. The summed E-state index contributed by atoms with van der Waals surface area (Å²) in [6.45, 7) is 1.72. The predicted octanol–water partition coefficient (Wildman–Crippen LogP) is 3.12. The van der Waals surface area contributed by atoms with E-state index in [4.69, 9.17) is 5.73 Å². The van der Waals surface area contributed by atoms with Gasteiger partial charge in [-0.3, -0.25) is 4.79 Å². The Morgan fingerprint density at radius 1 is 1.00 bits per heavy atom. The minimum absolute atomic E-state index is 0.0707. The maximum atomic E-state index is 12.3. The van der Waals surface area contributed by atoms with Crippen molar-refractivity contribution in [1.82, 2.24) is 0 Å². The number of amides is 1. The standard InChI is InChI=1S/C18H21N3O/c19-16-8-4-5-9-17(16)21-12-10-14(11-13-21)18(22)20-15-6-2-1-3-7-15/h1-9,14H,10-13,19H2,(H,20,22). The van der Waals surface area contributed by atoms with Crippen molar-refractivity contribution < 1.29 is 4.79 Å². The molecule has 0 saturated carbocycles. The molecule has 3 N–H and O–H groups in total. The maximum absolute atomic E-state index is 12.3. The van der Waals surface area contributed by atoms with Crippen LogP contribution in [0.4, 0.5) is 17.1 Å². The zero-order chi connectivity index (χ0) is 15.4. The maximum Gasteiger partial charge on any atom is 0.227 e. The molecule has 0 aromatic heterocycles. The summed E-state index contributed by atoms with van der Waals surface area (Å²) in [5.74, 6) is 0.188. The zero-order valence-electron chi connectivity index (χ0n) is 12.5. The fraction of sp³-hybridized carbons (Fsp3) is 0.278. The highest BCUT2D eigenvalue weighted by Crippen LogP contribution is 2.28.